The number of halogens is 3. The Morgan fingerprint density at radius 2 is 1.49 bits per heavy atom. The summed E-state index contributed by atoms with van der Waals surface area (Å²) in [5.74, 6) is -0.905. The minimum Gasteiger partial charge on any atom is -0.495 e. The zero-order valence-corrected chi connectivity index (χ0v) is 29.3. The molecule has 0 radical (unpaired) electrons. The Balaban J connectivity index is 1.88. The zero-order valence-electron chi connectivity index (χ0n) is 26.2. The highest BCUT2D eigenvalue weighted by Crippen LogP contribution is 2.35. The Kier molecular flexibility index (Phi) is 12.6. The molecule has 0 aliphatic rings. The summed E-state index contributed by atoms with van der Waals surface area (Å²) >= 11 is 19.5. The number of benzene rings is 4. The molecule has 0 aliphatic heterocycles. The van der Waals surface area contributed by atoms with Crippen LogP contribution in [0.3, 0.4) is 0 Å². The van der Waals surface area contributed by atoms with Crippen LogP contribution in [0.25, 0.3) is 0 Å². The van der Waals surface area contributed by atoms with Gasteiger partial charge in [-0.2, -0.15) is 0 Å². The second kappa shape index (κ2) is 16.4. The van der Waals surface area contributed by atoms with E-state index < -0.39 is 34.4 Å². The van der Waals surface area contributed by atoms with Gasteiger partial charge >= 0.3 is 0 Å². The maximum Gasteiger partial charge on any atom is 0.264 e. The predicted octanol–water partition coefficient (Wildman–Crippen LogP) is 7.41. The molecule has 248 valence electrons. The van der Waals surface area contributed by atoms with Crippen LogP contribution in [0.15, 0.2) is 102 Å². The van der Waals surface area contributed by atoms with Crippen molar-refractivity contribution >= 4 is 62.3 Å². The van der Waals surface area contributed by atoms with Crippen molar-refractivity contribution in [3.05, 3.63) is 123 Å². The summed E-state index contributed by atoms with van der Waals surface area (Å²) in [6.45, 7) is 2.94. The van der Waals surface area contributed by atoms with Crippen molar-refractivity contribution in [3.63, 3.8) is 0 Å². The molecule has 0 fully saturated rings. The summed E-state index contributed by atoms with van der Waals surface area (Å²) in [7, 11) is -2.96. The van der Waals surface area contributed by atoms with Gasteiger partial charge in [0.15, 0.2) is 0 Å². The number of hydrogen-bond acceptors (Lipinski definition) is 5. The van der Waals surface area contributed by atoms with Crippen LogP contribution in [0, 0.1) is 0 Å². The molecule has 2 amide bonds. The number of hydrogen-bond donors (Lipinski definition) is 1. The molecule has 0 spiro atoms. The summed E-state index contributed by atoms with van der Waals surface area (Å²) in [5, 5.41) is 3.82. The van der Waals surface area contributed by atoms with Gasteiger partial charge in [-0.15, -0.1) is 0 Å². The van der Waals surface area contributed by atoms with Crippen molar-refractivity contribution in [1.29, 1.82) is 0 Å². The van der Waals surface area contributed by atoms with E-state index in [1.807, 2.05) is 44.2 Å². The molecule has 4 aromatic carbocycles. The lowest BCUT2D eigenvalue weighted by Gasteiger charge is -2.35. The Bertz CT molecular complexity index is 1770. The molecule has 0 unspecified atom stereocenters. The van der Waals surface area contributed by atoms with E-state index in [1.165, 1.54) is 36.3 Å². The van der Waals surface area contributed by atoms with Gasteiger partial charge in [0.1, 0.15) is 18.3 Å². The Hall–Kier alpha value is -3.76. The first-order chi connectivity index (χ1) is 22.5. The van der Waals surface area contributed by atoms with E-state index in [-0.39, 0.29) is 40.4 Å². The molecular weight excluding hydrogens is 681 g/mol. The highest BCUT2D eigenvalue weighted by atomic mass is 35.5. The van der Waals surface area contributed by atoms with E-state index >= 15 is 0 Å². The standard InChI is InChI=1S/C35H36Cl3N3O5S/c1-4-24(2)39-35(43)32(20-25-12-7-5-8-13-25)40(22-28-29(37)16-11-17-30(28)38)34(42)23-41(31-21-26(36)18-19-33(31)46-3)47(44,45)27-14-9-6-10-15-27/h5-19,21,24,32H,4,20,22-23H2,1-3H3,(H,39,43)/t24-,32+/m0/s1. The molecule has 0 aromatic heterocycles. The molecule has 8 nitrogen and oxygen atoms in total. The summed E-state index contributed by atoms with van der Waals surface area (Å²) in [6.07, 6.45) is 0.800. The van der Waals surface area contributed by atoms with E-state index in [9.17, 15) is 18.0 Å². The molecule has 0 saturated carbocycles. The average molecular weight is 717 g/mol. The number of nitrogens with one attached hydrogen (secondary N) is 1. The maximum atomic E-state index is 14.7. The van der Waals surface area contributed by atoms with Crippen LogP contribution in [-0.2, 0) is 32.6 Å². The monoisotopic (exact) mass is 715 g/mol. The van der Waals surface area contributed by atoms with Crippen LogP contribution >= 0.6 is 34.8 Å². The number of anilines is 1. The van der Waals surface area contributed by atoms with Gasteiger partial charge in [0.25, 0.3) is 10.0 Å². The van der Waals surface area contributed by atoms with Gasteiger partial charge < -0.3 is 15.0 Å². The fourth-order valence-electron chi connectivity index (χ4n) is 4.94. The number of methoxy groups -OCH3 is 1. The summed E-state index contributed by atoms with van der Waals surface area (Å²) < 4.78 is 35.0. The third-order valence-electron chi connectivity index (χ3n) is 7.68. The van der Waals surface area contributed by atoms with Crippen LogP contribution in [-0.4, -0.2) is 50.9 Å². The van der Waals surface area contributed by atoms with Crippen LogP contribution in [0.2, 0.25) is 15.1 Å². The molecule has 1 N–H and O–H groups in total. The van der Waals surface area contributed by atoms with Gasteiger partial charge in [0.05, 0.1) is 17.7 Å². The largest absolute Gasteiger partial charge is 0.495 e. The van der Waals surface area contributed by atoms with Crippen LogP contribution in [0.1, 0.15) is 31.4 Å². The van der Waals surface area contributed by atoms with Crippen molar-refractivity contribution in [3.8, 4) is 5.75 Å². The summed E-state index contributed by atoms with van der Waals surface area (Å²) in [6, 6.07) is 25.2. The quantitative estimate of drug-likeness (QED) is 0.147. The van der Waals surface area contributed by atoms with E-state index in [4.69, 9.17) is 39.5 Å². The number of rotatable bonds is 14. The molecule has 2 atom stereocenters. The molecule has 0 aliphatic carbocycles. The average Bonchev–Trinajstić information content (AvgIpc) is 3.06. The van der Waals surface area contributed by atoms with E-state index in [2.05, 4.69) is 5.32 Å². The van der Waals surface area contributed by atoms with Crippen LogP contribution in [0.4, 0.5) is 5.69 Å². The number of amides is 2. The summed E-state index contributed by atoms with van der Waals surface area (Å²) in [4.78, 5) is 30.0. The normalized spacial score (nSPS) is 12.6. The third kappa shape index (κ3) is 8.99. The minimum absolute atomic E-state index is 0.0501. The maximum absolute atomic E-state index is 14.7. The van der Waals surface area contributed by atoms with Gasteiger partial charge in [-0.3, -0.25) is 13.9 Å². The molecule has 4 rings (SSSR count). The number of sulfonamides is 1. The predicted molar refractivity (Wildman–Crippen MR) is 188 cm³/mol. The van der Waals surface area contributed by atoms with Crippen molar-refractivity contribution < 1.29 is 22.7 Å². The van der Waals surface area contributed by atoms with Crippen LogP contribution in [0.5, 0.6) is 5.75 Å². The van der Waals surface area contributed by atoms with Crippen molar-refractivity contribution in [1.82, 2.24) is 10.2 Å². The number of carbonyl (C=O) groups excluding carboxylic acids is 2. The fourth-order valence-corrected chi connectivity index (χ4v) is 7.06. The summed E-state index contributed by atoms with van der Waals surface area (Å²) in [5.41, 5.74) is 1.26. The van der Waals surface area contributed by atoms with E-state index in [0.29, 0.717) is 22.0 Å². The SMILES string of the molecule is CC[C@H](C)NC(=O)[C@@H](Cc1ccccc1)N(Cc1c(Cl)cccc1Cl)C(=O)CN(c1cc(Cl)ccc1OC)S(=O)(=O)c1ccccc1. The van der Waals surface area contributed by atoms with Crippen molar-refractivity contribution in [2.24, 2.45) is 0 Å². The van der Waals surface area contributed by atoms with Gasteiger partial charge in [-0.25, -0.2) is 8.42 Å². The van der Waals surface area contributed by atoms with Gasteiger partial charge in [-0.1, -0.05) is 96.3 Å². The molecule has 0 bridgehead atoms. The number of carbonyl (C=O) groups is 2. The highest BCUT2D eigenvalue weighted by molar-refractivity contribution is 7.92. The van der Waals surface area contributed by atoms with Crippen molar-refractivity contribution in [2.75, 3.05) is 18.0 Å². The third-order valence-corrected chi connectivity index (χ3v) is 10.4. The molecule has 47 heavy (non-hydrogen) atoms. The zero-order chi connectivity index (χ0) is 34.1. The number of nitrogens with zero attached hydrogens (tertiary/aromatic N) is 2. The lowest BCUT2D eigenvalue weighted by atomic mass is 10.0. The Morgan fingerprint density at radius 3 is 2.09 bits per heavy atom. The lowest BCUT2D eigenvalue weighted by molar-refractivity contribution is -0.140. The van der Waals surface area contributed by atoms with E-state index in [0.717, 1.165) is 9.87 Å². The topological polar surface area (TPSA) is 96.0 Å². The van der Waals surface area contributed by atoms with Crippen molar-refractivity contribution in [2.45, 2.75) is 50.2 Å². The van der Waals surface area contributed by atoms with Gasteiger partial charge in [0.2, 0.25) is 11.8 Å². The van der Waals surface area contributed by atoms with Gasteiger partial charge in [0, 0.05) is 39.6 Å². The van der Waals surface area contributed by atoms with Crippen LogP contribution < -0.4 is 14.4 Å². The fraction of sp³-hybridized carbons (Fsp3) is 0.257. The molecule has 12 heteroatoms. The first kappa shape index (κ1) is 36.1. The highest BCUT2D eigenvalue weighted by Gasteiger charge is 2.36. The molecular formula is C35H36Cl3N3O5S. The smallest absolute Gasteiger partial charge is 0.264 e. The second-order valence-electron chi connectivity index (χ2n) is 10.9. The first-order valence-corrected chi connectivity index (χ1v) is 17.5. The molecule has 0 saturated heterocycles. The molecule has 4 aromatic rings. The second-order valence-corrected chi connectivity index (χ2v) is 14.0. The number of ether oxygens (including phenoxy) is 1. The lowest BCUT2D eigenvalue weighted by Crippen LogP contribution is -2.54. The van der Waals surface area contributed by atoms with E-state index in [1.54, 1.807) is 42.5 Å². The Morgan fingerprint density at radius 1 is 0.872 bits per heavy atom. The Labute approximate surface area is 291 Å². The van der Waals surface area contributed by atoms with Gasteiger partial charge in [-0.05, 0) is 61.4 Å². The molecule has 0 heterocycles. The minimum atomic E-state index is -4.35. The first-order valence-electron chi connectivity index (χ1n) is 14.9.